The molecule has 0 aliphatic heterocycles. The fraction of sp³-hybridized carbons (Fsp3) is 1.00. The molecule has 0 nitrogen and oxygen atoms in total. The van der Waals surface area contributed by atoms with Crippen molar-refractivity contribution >= 4 is 15.2 Å². The Balaban J connectivity index is -0.00000000800. The van der Waals surface area contributed by atoms with Crippen molar-refractivity contribution in [2.45, 2.75) is 24.4 Å². The maximum atomic E-state index is 2.25. The van der Waals surface area contributed by atoms with Crippen LogP contribution in [0.15, 0.2) is 0 Å². The van der Waals surface area contributed by atoms with E-state index in [-0.39, 0.29) is 71.3 Å². The molecule has 0 aromatic rings. The van der Waals surface area contributed by atoms with Crippen LogP contribution in [0.1, 0.15) is 13.8 Å². The smallest absolute Gasteiger partial charge is 1.00 e. The van der Waals surface area contributed by atoms with Crippen molar-refractivity contribution in [2.75, 3.05) is 0 Å². The maximum absolute atomic E-state index is 2.25. The maximum Gasteiger partial charge on any atom is 3.00 e. The van der Waals surface area contributed by atoms with Crippen LogP contribution in [-0.4, -0.2) is 15.2 Å². The van der Waals surface area contributed by atoms with Crippen molar-refractivity contribution in [2.24, 2.45) is 0 Å². The molecule has 0 atom stereocenters. The molecule has 0 saturated carbocycles. The number of hydrogen-bond donors (Lipinski definition) is 0. The summed E-state index contributed by atoms with van der Waals surface area (Å²) in [5, 5.41) is 2.85. The van der Waals surface area contributed by atoms with E-state index in [1.54, 1.807) is 0 Å². The molecule has 0 aromatic heterocycles. The van der Waals surface area contributed by atoms with Crippen LogP contribution in [0.25, 0.3) is 0 Å². The van der Waals surface area contributed by atoms with Crippen molar-refractivity contribution in [1.82, 2.24) is 0 Å². The van der Waals surface area contributed by atoms with Crippen LogP contribution in [0.2, 0.25) is 10.6 Å². The molecule has 0 rings (SSSR count). The molecule has 61 valence electrons. The Bertz CT molecular complexity index is 24.7. The van der Waals surface area contributed by atoms with Gasteiger partial charge in [-0.25, -0.2) is 0 Å². The van der Waals surface area contributed by atoms with Crippen molar-refractivity contribution in [3.63, 3.8) is 0 Å². The first-order valence-electron chi connectivity index (χ1n) is 2.23. The van der Waals surface area contributed by atoms with Crippen molar-refractivity contribution < 1.29 is 71.3 Å². The largest absolute Gasteiger partial charge is 3.00 e. The van der Waals surface area contributed by atoms with Crippen LogP contribution in [-0.2, 0) is 21.7 Å². The van der Waals surface area contributed by atoms with Crippen LogP contribution in [0.3, 0.4) is 0 Å². The fourth-order valence-corrected chi connectivity index (χ4v) is 0.866. The molecule has 0 saturated heterocycles. The van der Waals surface area contributed by atoms with E-state index >= 15 is 0 Å². The van der Waals surface area contributed by atoms with Gasteiger partial charge in [-0.2, -0.15) is 0 Å². The van der Waals surface area contributed by atoms with Gasteiger partial charge in [-0.3, -0.25) is 0 Å². The SMILES string of the molecule is C[CH2][Al+][CH2]C.[Cl-].[Cl-].[Cl-].[Cl-].[Ti+3]. The summed E-state index contributed by atoms with van der Waals surface area (Å²) in [5.74, 6) is 0. The molecule has 1 radical (unpaired) electrons. The quantitative estimate of drug-likeness (QED) is 0.439. The van der Waals surface area contributed by atoms with E-state index in [0.717, 1.165) is 15.2 Å². The molecule has 0 unspecified atom stereocenters. The third-order valence-electron chi connectivity index (χ3n) is 0.577. The summed E-state index contributed by atoms with van der Waals surface area (Å²) in [4.78, 5) is 0. The van der Waals surface area contributed by atoms with E-state index in [0.29, 0.717) is 0 Å². The minimum absolute atomic E-state index is 0. The van der Waals surface area contributed by atoms with E-state index in [2.05, 4.69) is 13.8 Å². The van der Waals surface area contributed by atoms with Gasteiger partial charge in [-0.15, -0.1) is 0 Å². The second-order valence-corrected chi connectivity index (χ2v) is 3.32. The average molecular weight is 275 g/mol. The Kier molecular flexibility index (Phi) is 166. The summed E-state index contributed by atoms with van der Waals surface area (Å²) >= 11 is 0.815. The zero-order valence-electron chi connectivity index (χ0n) is 6.00. The van der Waals surface area contributed by atoms with Crippen LogP contribution in [0.4, 0.5) is 0 Å². The molecule has 10 heavy (non-hydrogen) atoms. The minimum atomic E-state index is 0. The first-order chi connectivity index (χ1) is 2.41. The molecular formula is C4H10AlCl4Ti. The van der Waals surface area contributed by atoms with E-state index in [9.17, 15) is 0 Å². The standard InChI is InChI=1S/2C2H5.Al.4ClH.Ti/c2*1-2;;;;;;/h2*1H2,2H3;;4*1H;/q;;+1;;;;;+3/p-4. The van der Waals surface area contributed by atoms with Crippen LogP contribution < -0.4 is 49.6 Å². The molecule has 0 N–H and O–H groups in total. The Morgan fingerprint density at radius 3 is 1.00 bits per heavy atom. The summed E-state index contributed by atoms with van der Waals surface area (Å²) in [7, 11) is 0. The molecule has 0 heterocycles. The van der Waals surface area contributed by atoms with Crippen LogP contribution in [0, 0.1) is 0 Å². The van der Waals surface area contributed by atoms with E-state index < -0.39 is 0 Å². The van der Waals surface area contributed by atoms with Crippen LogP contribution in [0.5, 0.6) is 0 Å². The Hall–Kier alpha value is 2.41. The molecule has 0 fully saturated rings. The van der Waals surface area contributed by atoms with Gasteiger partial charge in [0.25, 0.3) is 0 Å². The minimum Gasteiger partial charge on any atom is -1.00 e. The Morgan fingerprint density at radius 2 is 1.00 bits per heavy atom. The summed E-state index contributed by atoms with van der Waals surface area (Å²) in [6, 6.07) is 0. The van der Waals surface area contributed by atoms with Gasteiger partial charge in [0.1, 0.15) is 0 Å². The van der Waals surface area contributed by atoms with Gasteiger partial charge in [-0.1, -0.05) is 0 Å². The fourth-order valence-electron chi connectivity index (χ4n) is 0.289. The monoisotopic (exact) mass is 273 g/mol. The summed E-state index contributed by atoms with van der Waals surface area (Å²) < 4.78 is 0. The van der Waals surface area contributed by atoms with Gasteiger partial charge in [0.05, 0.1) is 0 Å². The van der Waals surface area contributed by atoms with Gasteiger partial charge < -0.3 is 49.6 Å². The van der Waals surface area contributed by atoms with Gasteiger partial charge in [0, 0.05) is 0 Å². The first kappa shape index (κ1) is 39.3. The normalized spacial score (nSPS) is 3.40. The van der Waals surface area contributed by atoms with E-state index in [4.69, 9.17) is 0 Å². The summed E-state index contributed by atoms with van der Waals surface area (Å²) in [6.45, 7) is 4.50. The van der Waals surface area contributed by atoms with Gasteiger partial charge in [0.15, 0.2) is 0 Å². The number of halogens is 4. The molecular weight excluding hydrogens is 265 g/mol. The third kappa shape index (κ3) is 47.4. The zero-order chi connectivity index (χ0) is 4.12. The predicted molar refractivity (Wildman–Crippen MR) is 26.7 cm³/mol. The number of hydrogen-bond acceptors (Lipinski definition) is 0. The predicted octanol–water partition coefficient (Wildman–Crippen LogP) is -10.4. The zero-order valence-corrected chi connectivity index (χ0v) is 11.7. The molecule has 0 aromatic carbocycles. The summed E-state index contributed by atoms with van der Waals surface area (Å²) in [5.41, 5.74) is 0. The second kappa shape index (κ2) is 42.3. The molecule has 0 bridgehead atoms. The van der Waals surface area contributed by atoms with Gasteiger partial charge in [-0.05, 0) is 0 Å². The van der Waals surface area contributed by atoms with Gasteiger partial charge >= 0.3 is 61.4 Å². The molecule has 0 aliphatic rings. The second-order valence-electron chi connectivity index (χ2n) is 1.11. The first-order valence-corrected chi connectivity index (χ1v) is 3.86. The third-order valence-corrected chi connectivity index (χ3v) is 1.73. The van der Waals surface area contributed by atoms with Crippen molar-refractivity contribution in [1.29, 1.82) is 0 Å². The van der Waals surface area contributed by atoms with Crippen molar-refractivity contribution in [3.05, 3.63) is 0 Å². The molecule has 0 aliphatic carbocycles. The molecule has 0 spiro atoms. The Morgan fingerprint density at radius 1 is 0.800 bits per heavy atom. The van der Waals surface area contributed by atoms with Crippen molar-refractivity contribution in [3.8, 4) is 0 Å². The molecule has 6 heteroatoms. The molecule has 0 amide bonds. The number of rotatable bonds is 2. The summed E-state index contributed by atoms with van der Waals surface area (Å²) in [6.07, 6.45) is 0. The van der Waals surface area contributed by atoms with E-state index in [1.807, 2.05) is 0 Å². The van der Waals surface area contributed by atoms with Gasteiger partial charge in [0.2, 0.25) is 0 Å². The average Bonchev–Trinajstić information content (AvgIpc) is 1.41. The Labute approximate surface area is 110 Å². The van der Waals surface area contributed by atoms with E-state index in [1.165, 1.54) is 10.6 Å². The topological polar surface area (TPSA) is 0 Å². The van der Waals surface area contributed by atoms with Crippen LogP contribution >= 0.6 is 0 Å².